The number of hydrogen-bond donors (Lipinski definition) is 2. The van der Waals surface area contributed by atoms with Gasteiger partial charge in [0.15, 0.2) is 6.16 Å². The van der Waals surface area contributed by atoms with E-state index < -0.39 is 39.2 Å². The van der Waals surface area contributed by atoms with Gasteiger partial charge in [-0.3, -0.25) is 9.69 Å². The molecule has 35 heavy (non-hydrogen) atoms. The zero-order valence-corrected chi connectivity index (χ0v) is 22.6. The fourth-order valence-electron chi connectivity index (χ4n) is 4.54. The Balaban J connectivity index is 2.07. The number of nitrogens with zero attached hydrogens (tertiary/aromatic N) is 1. The van der Waals surface area contributed by atoms with Gasteiger partial charge < -0.3 is 14.6 Å². The van der Waals surface area contributed by atoms with Crippen molar-refractivity contribution in [3.05, 3.63) is 33.8 Å². The third kappa shape index (κ3) is 9.85. The van der Waals surface area contributed by atoms with Crippen LogP contribution in [0, 0.1) is 11.8 Å². The zero-order valence-electron chi connectivity index (χ0n) is 20.2. The Morgan fingerprint density at radius 2 is 1.91 bits per heavy atom. The number of aliphatic hydroxyl groups excluding tert-OH is 1. The van der Waals surface area contributed by atoms with Gasteiger partial charge in [-0.2, -0.15) is 4.89 Å². The summed E-state index contributed by atoms with van der Waals surface area (Å²) in [5.74, 6) is 0.0291. The molecule has 2 rings (SSSR count). The van der Waals surface area contributed by atoms with Crippen molar-refractivity contribution in [3.8, 4) is 0 Å². The molecule has 1 amide bonds. The molecule has 1 aliphatic carbocycles. The number of carbonyl (C=O) groups is 2. The van der Waals surface area contributed by atoms with Gasteiger partial charge in [-0.1, -0.05) is 49.0 Å². The van der Waals surface area contributed by atoms with Gasteiger partial charge in [0, 0.05) is 12.3 Å². The third-order valence-corrected chi connectivity index (χ3v) is 7.94. The summed E-state index contributed by atoms with van der Waals surface area (Å²) in [6, 6.07) is 4.36. The first-order chi connectivity index (χ1) is 16.6. The Hall–Kier alpha value is -1.44. The van der Waals surface area contributed by atoms with Crippen LogP contribution in [0.3, 0.4) is 0 Å². The van der Waals surface area contributed by atoms with Gasteiger partial charge in [0.05, 0.1) is 16.1 Å². The van der Waals surface area contributed by atoms with Gasteiger partial charge in [-0.05, 0) is 67.2 Å². The molecular formula is C24H35Cl2NO7P+. The quantitative estimate of drug-likeness (QED) is 0.175. The van der Waals surface area contributed by atoms with Gasteiger partial charge in [0.1, 0.15) is 6.23 Å². The van der Waals surface area contributed by atoms with E-state index in [1.54, 1.807) is 25.1 Å². The van der Waals surface area contributed by atoms with E-state index in [4.69, 9.17) is 32.7 Å². The van der Waals surface area contributed by atoms with Crippen LogP contribution in [-0.2, 0) is 18.8 Å². The Bertz CT molecular complexity index is 872. The molecule has 0 aliphatic heterocycles. The molecule has 0 saturated heterocycles. The van der Waals surface area contributed by atoms with Crippen LogP contribution in [0.25, 0.3) is 0 Å². The summed E-state index contributed by atoms with van der Waals surface area (Å²) in [5, 5.41) is 11.7. The SMILES string of the molecule is CCCC(=O)OCOC(=O)N(C(O)CCC1CCCC(C[P+](=O)O)C1)[C@@H](C)c1ccc(Cl)c(Cl)c1. The highest BCUT2D eigenvalue weighted by molar-refractivity contribution is 7.38. The molecule has 0 aromatic heterocycles. The van der Waals surface area contributed by atoms with Crippen LogP contribution in [0.1, 0.15) is 76.8 Å². The van der Waals surface area contributed by atoms with E-state index in [-0.39, 0.29) is 12.3 Å². The van der Waals surface area contributed by atoms with Gasteiger partial charge in [-0.15, -0.1) is 0 Å². The first kappa shape index (κ1) is 29.8. The van der Waals surface area contributed by atoms with Crippen LogP contribution < -0.4 is 0 Å². The first-order valence-electron chi connectivity index (χ1n) is 12.0. The second-order valence-electron chi connectivity index (χ2n) is 9.04. The van der Waals surface area contributed by atoms with Crippen molar-refractivity contribution in [2.45, 2.75) is 77.5 Å². The maximum atomic E-state index is 12.9. The molecule has 2 N–H and O–H groups in total. The predicted octanol–water partition coefficient (Wildman–Crippen LogP) is 6.43. The molecule has 1 aliphatic rings. The summed E-state index contributed by atoms with van der Waals surface area (Å²) in [6.45, 7) is 3.03. The minimum Gasteiger partial charge on any atom is -0.428 e. The number of halogens is 2. The van der Waals surface area contributed by atoms with E-state index in [9.17, 15) is 24.2 Å². The second kappa shape index (κ2) is 15.0. The summed E-state index contributed by atoms with van der Waals surface area (Å²) in [6.07, 6.45) is 3.83. The maximum Gasteiger partial charge on any atom is 0.505 e. The largest absolute Gasteiger partial charge is 0.505 e. The highest BCUT2D eigenvalue weighted by Gasteiger charge is 2.32. The monoisotopic (exact) mass is 550 g/mol. The van der Waals surface area contributed by atoms with Gasteiger partial charge in [-0.25, -0.2) is 4.79 Å². The Morgan fingerprint density at radius 1 is 1.20 bits per heavy atom. The minimum atomic E-state index is -2.16. The van der Waals surface area contributed by atoms with Crippen molar-refractivity contribution in [2.75, 3.05) is 13.0 Å². The number of ether oxygens (including phenoxy) is 2. The van der Waals surface area contributed by atoms with E-state index in [0.717, 1.165) is 25.7 Å². The molecule has 4 unspecified atom stereocenters. The van der Waals surface area contributed by atoms with E-state index in [0.29, 0.717) is 47.0 Å². The molecule has 11 heteroatoms. The Labute approximate surface area is 217 Å². The first-order valence-corrected chi connectivity index (χ1v) is 14.1. The molecule has 1 fully saturated rings. The van der Waals surface area contributed by atoms with Gasteiger partial charge >= 0.3 is 20.1 Å². The topological polar surface area (TPSA) is 113 Å². The molecule has 8 nitrogen and oxygen atoms in total. The second-order valence-corrected chi connectivity index (χ2v) is 10.9. The molecule has 0 spiro atoms. The zero-order chi connectivity index (χ0) is 26.0. The van der Waals surface area contributed by atoms with Crippen molar-refractivity contribution in [3.63, 3.8) is 0 Å². The van der Waals surface area contributed by atoms with Crippen LogP contribution in [0.15, 0.2) is 18.2 Å². The third-order valence-electron chi connectivity index (χ3n) is 6.37. The summed E-state index contributed by atoms with van der Waals surface area (Å²) in [5.41, 5.74) is 0.655. The van der Waals surface area contributed by atoms with Crippen LogP contribution in [-0.4, -0.2) is 46.1 Å². The summed E-state index contributed by atoms with van der Waals surface area (Å²) in [7, 11) is -2.16. The van der Waals surface area contributed by atoms with Crippen molar-refractivity contribution in [1.29, 1.82) is 0 Å². The molecule has 0 radical (unpaired) electrons. The smallest absolute Gasteiger partial charge is 0.428 e. The average Bonchev–Trinajstić information content (AvgIpc) is 2.79. The lowest BCUT2D eigenvalue weighted by atomic mass is 9.80. The lowest BCUT2D eigenvalue weighted by Crippen LogP contribution is -2.43. The Kier molecular flexibility index (Phi) is 12.7. The van der Waals surface area contributed by atoms with Crippen LogP contribution >= 0.6 is 31.2 Å². The molecule has 0 bridgehead atoms. The number of carbonyl (C=O) groups excluding carboxylic acids is 2. The molecule has 0 heterocycles. The molecule has 1 saturated carbocycles. The molecule has 5 atom stereocenters. The highest BCUT2D eigenvalue weighted by Crippen LogP contribution is 2.37. The predicted molar refractivity (Wildman–Crippen MR) is 134 cm³/mol. The van der Waals surface area contributed by atoms with Crippen molar-refractivity contribution in [2.24, 2.45) is 11.8 Å². The molecule has 1 aromatic carbocycles. The number of amides is 1. The number of hydrogen-bond acceptors (Lipinski definition) is 6. The Morgan fingerprint density at radius 3 is 2.57 bits per heavy atom. The van der Waals surface area contributed by atoms with Gasteiger partial charge in [0.2, 0.25) is 6.79 Å². The molecular weight excluding hydrogens is 516 g/mol. The van der Waals surface area contributed by atoms with Gasteiger partial charge in [0.25, 0.3) is 0 Å². The van der Waals surface area contributed by atoms with E-state index in [1.165, 1.54) is 4.90 Å². The van der Waals surface area contributed by atoms with Crippen LogP contribution in [0.4, 0.5) is 4.79 Å². The standard InChI is InChI=1S/C24H34Cl2NO7P/c1-3-5-23(29)33-15-34-24(30)27(16(2)19-9-10-20(25)21(26)13-19)22(28)11-8-17-6-4-7-18(12-17)14-35(31)32/h9-10,13,16-18,22,28H,3-8,11-12,14-15H2,1-2H3/p+1/t16-,17?,18?,22?/m0/s1. The fraction of sp³-hybridized carbons (Fsp3) is 0.667. The van der Waals surface area contributed by atoms with E-state index >= 15 is 0 Å². The summed E-state index contributed by atoms with van der Waals surface area (Å²) >= 11 is 12.2. The van der Waals surface area contributed by atoms with E-state index in [2.05, 4.69) is 0 Å². The van der Waals surface area contributed by atoms with Crippen LogP contribution in [0.2, 0.25) is 10.0 Å². The highest BCUT2D eigenvalue weighted by atomic mass is 35.5. The fourth-order valence-corrected chi connectivity index (χ4v) is 5.62. The minimum absolute atomic E-state index is 0.202. The van der Waals surface area contributed by atoms with Crippen molar-refractivity contribution >= 4 is 43.3 Å². The number of esters is 1. The number of benzene rings is 1. The maximum absolute atomic E-state index is 12.9. The normalized spacial score (nSPS) is 20.0. The van der Waals surface area contributed by atoms with Crippen LogP contribution in [0.5, 0.6) is 0 Å². The summed E-state index contributed by atoms with van der Waals surface area (Å²) < 4.78 is 21.3. The molecule has 196 valence electrons. The number of rotatable bonds is 12. The van der Waals surface area contributed by atoms with Crippen molar-refractivity contribution in [1.82, 2.24) is 4.90 Å². The lowest BCUT2D eigenvalue weighted by Gasteiger charge is -2.34. The lowest BCUT2D eigenvalue weighted by molar-refractivity contribution is -0.153. The average molecular weight is 551 g/mol. The number of aliphatic hydroxyl groups is 1. The van der Waals surface area contributed by atoms with E-state index in [1.807, 2.05) is 6.92 Å². The molecule has 1 aromatic rings. The summed E-state index contributed by atoms with van der Waals surface area (Å²) in [4.78, 5) is 35.0. The van der Waals surface area contributed by atoms with Crippen molar-refractivity contribution < 1.29 is 33.6 Å².